The Kier molecular flexibility index (Phi) is 7.38. The Labute approximate surface area is 242 Å². The minimum Gasteiger partial charge on any atom is -0.463 e. The molecule has 3 atom stereocenters. The largest absolute Gasteiger partial charge is 0.463 e. The molecule has 5 heterocycles. The smallest absolute Gasteiger partial charge is 0.318 e. The number of aromatic nitrogens is 2. The van der Waals surface area contributed by atoms with Gasteiger partial charge in [0.1, 0.15) is 5.82 Å². The lowest BCUT2D eigenvalue weighted by atomic mass is 9.99. The SMILES string of the molecule is Cc1cccc2cccc(N3CCc4c(nc(OCCCN5C[C@@H]6C[C@H]5CO6)nc4N4CCNC(CC#N)C4)C3)c12. The minimum atomic E-state index is 0.141. The van der Waals surface area contributed by atoms with E-state index in [1.807, 2.05) is 0 Å². The zero-order chi connectivity index (χ0) is 27.8. The van der Waals surface area contributed by atoms with E-state index in [1.54, 1.807) is 0 Å². The second-order valence-electron chi connectivity index (χ2n) is 11.9. The van der Waals surface area contributed by atoms with Gasteiger partial charge in [-0.2, -0.15) is 15.2 Å². The highest BCUT2D eigenvalue weighted by Gasteiger charge is 2.38. The van der Waals surface area contributed by atoms with Gasteiger partial charge in [-0.25, -0.2) is 0 Å². The van der Waals surface area contributed by atoms with Crippen LogP contribution in [0, 0.1) is 18.3 Å². The number of anilines is 2. The Morgan fingerprint density at radius 2 is 2.02 bits per heavy atom. The number of nitrogens with zero attached hydrogens (tertiary/aromatic N) is 6. The highest BCUT2D eigenvalue weighted by Crippen LogP contribution is 2.35. The summed E-state index contributed by atoms with van der Waals surface area (Å²) >= 11 is 0. The van der Waals surface area contributed by atoms with Crippen LogP contribution < -0.4 is 19.9 Å². The number of rotatable bonds is 8. The van der Waals surface area contributed by atoms with Gasteiger partial charge in [0.2, 0.25) is 0 Å². The van der Waals surface area contributed by atoms with E-state index in [-0.39, 0.29) is 6.04 Å². The third-order valence-corrected chi connectivity index (χ3v) is 9.18. The van der Waals surface area contributed by atoms with Gasteiger partial charge in [-0.05, 0) is 43.2 Å². The van der Waals surface area contributed by atoms with E-state index in [2.05, 4.69) is 69.4 Å². The van der Waals surface area contributed by atoms with Gasteiger partial charge in [0.05, 0.1) is 44.0 Å². The van der Waals surface area contributed by atoms with Crippen molar-refractivity contribution in [2.45, 2.75) is 57.3 Å². The summed E-state index contributed by atoms with van der Waals surface area (Å²) in [6, 6.07) is 16.6. The highest BCUT2D eigenvalue weighted by atomic mass is 16.5. The predicted octanol–water partition coefficient (Wildman–Crippen LogP) is 3.43. The minimum absolute atomic E-state index is 0.141. The van der Waals surface area contributed by atoms with Crippen LogP contribution in [-0.4, -0.2) is 85.5 Å². The molecule has 0 radical (unpaired) electrons. The molecule has 3 aromatic rings. The van der Waals surface area contributed by atoms with E-state index in [1.165, 1.54) is 34.0 Å². The Bertz CT molecular complexity index is 1450. The monoisotopic (exact) mass is 553 g/mol. The van der Waals surface area contributed by atoms with Gasteiger partial charge < -0.3 is 24.6 Å². The fourth-order valence-corrected chi connectivity index (χ4v) is 7.14. The molecular formula is C32H39N7O2. The van der Waals surface area contributed by atoms with Gasteiger partial charge in [0.15, 0.2) is 0 Å². The lowest BCUT2D eigenvalue weighted by Crippen LogP contribution is -2.51. The van der Waals surface area contributed by atoms with Gasteiger partial charge >= 0.3 is 6.01 Å². The van der Waals surface area contributed by atoms with Crippen molar-refractivity contribution >= 4 is 22.3 Å². The standard InChI is InChI=1S/C32H39N7O2/c1-22-5-2-6-23-7-3-8-29(30(22)23)38-14-10-27-28(20-38)35-32(36-31(27)39-15-12-34-24(18-39)9-11-33)40-16-4-13-37-19-26-17-25(37)21-41-26/h2-3,5-8,24-26,34H,4,9-10,12-21H2,1H3/t24?,25-,26-/m0/s1. The summed E-state index contributed by atoms with van der Waals surface area (Å²) in [7, 11) is 0. The number of fused-ring (bicyclic) bond motifs is 4. The Hall–Kier alpha value is -3.45. The zero-order valence-corrected chi connectivity index (χ0v) is 23.9. The van der Waals surface area contributed by atoms with Crippen molar-refractivity contribution in [1.29, 1.82) is 5.26 Å². The lowest BCUT2D eigenvalue weighted by molar-refractivity contribution is 0.0287. The van der Waals surface area contributed by atoms with E-state index in [0.29, 0.717) is 31.2 Å². The van der Waals surface area contributed by atoms with E-state index >= 15 is 0 Å². The second-order valence-corrected chi connectivity index (χ2v) is 11.9. The number of benzene rings is 2. The number of morpholine rings is 1. The topological polar surface area (TPSA) is 89.8 Å². The summed E-state index contributed by atoms with van der Waals surface area (Å²) in [4.78, 5) is 17.3. The molecule has 3 saturated heterocycles. The summed E-state index contributed by atoms with van der Waals surface area (Å²) in [5, 5.41) is 15.4. The van der Waals surface area contributed by atoms with Crippen molar-refractivity contribution < 1.29 is 9.47 Å². The van der Waals surface area contributed by atoms with Crippen LogP contribution in [0.5, 0.6) is 6.01 Å². The van der Waals surface area contributed by atoms with Crippen molar-refractivity contribution in [2.24, 2.45) is 0 Å². The van der Waals surface area contributed by atoms with Crippen molar-refractivity contribution in [3.63, 3.8) is 0 Å². The summed E-state index contributed by atoms with van der Waals surface area (Å²) in [5.41, 5.74) is 4.81. The van der Waals surface area contributed by atoms with E-state index in [0.717, 1.165) is 76.8 Å². The van der Waals surface area contributed by atoms with Crippen molar-refractivity contribution in [3.05, 3.63) is 53.2 Å². The Morgan fingerprint density at radius 1 is 1.12 bits per heavy atom. The molecule has 4 aliphatic rings. The number of hydrogen-bond donors (Lipinski definition) is 1. The molecule has 2 aromatic carbocycles. The van der Waals surface area contributed by atoms with Crippen LogP contribution in [-0.2, 0) is 17.7 Å². The molecule has 9 nitrogen and oxygen atoms in total. The number of piperazine rings is 1. The maximum Gasteiger partial charge on any atom is 0.318 e. The summed E-state index contributed by atoms with van der Waals surface area (Å²) in [6.07, 6.45) is 3.90. The Morgan fingerprint density at radius 3 is 2.85 bits per heavy atom. The first-order valence-corrected chi connectivity index (χ1v) is 15.1. The first kappa shape index (κ1) is 26.4. The maximum atomic E-state index is 9.31. The molecule has 214 valence electrons. The molecule has 9 heteroatoms. The van der Waals surface area contributed by atoms with Crippen LogP contribution in [0.1, 0.15) is 36.1 Å². The molecule has 3 fully saturated rings. The third-order valence-electron chi connectivity index (χ3n) is 9.18. The summed E-state index contributed by atoms with van der Waals surface area (Å²) in [5.74, 6) is 0.984. The third kappa shape index (κ3) is 5.32. The van der Waals surface area contributed by atoms with Gasteiger partial charge in [-0.1, -0.05) is 30.3 Å². The molecule has 4 aliphatic heterocycles. The van der Waals surface area contributed by atoms with Gasteiger partial charge in [-0.15, -0.1) is 0 Å². The predicted molar refractivity (Wildman–Crippen MR) is 160 cm³/mol. The quantitative estimate of drug-likeness (QED) is 0.422. The molecule has 1 N–H and O–H groups in total. The van der Waals surface area contributed by atoms with Crippen LogP contribution in [0.4, 0.5) is 11.5 Å². The Balaban J connectivity index is 1.14. The van der Waals surface area contributed by atoms with Crippen LogP contribution in [0.25, 0.3) is 10.8 Å². The number of likely N-dealkylation sites (tertiary alicyclic amines) is 1. The molecule has 41 heavy (non-hydrogen) atoms. The second kappa shape index (κ2) is 11.4. The average molecular weight is 554 g/mol. The molecule has 7 rings (SSSR count). The normalized spacial score (nSPS) is 24.0. The molecule has 0 amide bonds. The van der Waals surface area contributed by atoms with Crippen LogP contribution in [0.2, 0.25) is 0 Å². The van der Waals surface area contributed by atoms with Crippen LogP contribution in [0.3, 0.4) is 0 Å². The van der Waals surface area contributed by atoms with Gasteiger partial charge in [0.25, 0.3) is 0 Å². The zero-order valence-electron chi connectivity index (χ0n) is 23.9. The number of nitriles is 1. The van der Waals surface area contributed by atoms with E-state index < -0.39 is 0 Å². The van der Waals surface area contributed by atoms with E-state index in [4.69, 9.17) is 19.4 Å². The van der Waals surface area contributed by atoms with Gasteiger partial charge in [-0.3, -0.25) is 4.90 Å². The molecule has 1 aromatic heterocycles. The number of hydrogen-bond acceptors (Lipinski definition) is 9. The fourth-order valence-electron chi connectivity index (χ4n) is 7.14. The summed E-state index contributed by atoms with van der Waals surface area (Å²) < 4.78 is 12.0. The number of nitrogens with one attached hydrogen (secondary N) is 1. The highest BCUT2D eigenvalue weighted by molar-refractivity contribution is 5.97. The molecule has 1 unspecified atom stereocenters. The fraction of sp³-hybridized carbons (Fsp3) is 0.531. The first-order chi connectivity index (χ1) is 20.2. The van der Waals surface area contributed by atoms with Crippen molar-refractivity contribution in [1.82, 2.24) is 20.2 Å². The molecule has 0 saturated carbocycles. The van der Waals surface area contributed by atoms with Crippen molar-refractivity contribution in [3.8, 4) is 12.1 Å². The van der Waals surface area contributed by atoms with Gasteiger partial charge in [0, 0.05) is 68.0 Å². The molecule has 2 bridgehead atoms. The van der Waals surface area contributed by atoms with Crippen LogP contribution in [0.15, 0.2) is 36.4 Å². The average Bonchev–Trinajstić information content (AvgIpc) is 3.63. The van der Waals surface area contributed by atoms with E-state index in [9.17, 15) is 5.26 Å². The molecule has 0 spiro atoms. The first-order valence-electron chi connectivity index (χ1n) is 15.1. The molecular weight excluding hydrogens is 514 g/mol. The van der Waals surface area contributed by atoms with Crippen molar-refractivity contribution in [2.75, 3.05) is 62.3 Å². The maximum absolute atomic E-state index is 9.31. The summed E-state index contributed by atoms with van der Waals surface area (Å²) in [6.45, 7) is 9.81. The molecule has 0 aliphatic carbocycles. The number of aryl methyl sites for hydroxylation is 1. The number of ether oxygens (including phenoxy) is 2. The lowest BCUT2D eigenvalue weighted by Gasteiger charge is -2.37. The van der Waals surface area contributed by atoms with Crippen LogP contribution >= 0.6 is 0 Å².